The van der Waals surface area contributed by atoms with E-state index in [0.717, 1.165) is 18.2 Å². The summed E-state index contributed by atoms with van der Waals surface area (Å²) in [5.74, 6) is -4.87. The monoisotopic (exact) mass is 482 g/mol. The highest BCUT2D eigenvalue weighted by Crippen LogP contribution is 2.32. The number of pyridine rings is 1. The third-order valence-electron chi connectivity index (χ3n) is 4.21. The molecule has 0 aliphatic heterocycles. The molecule has 2 aromatic carbocycles. The highest BCUT2D eigenvalue weighted by Gasteiger charge is 2.31. The topological polar surface area (TPSA) is 68.3 Å². The number of alkyl halides is 5. The number of aromatic nitrogens is 1. The van der Waals surface area contributed by atoms with Gasteiger partial charge in [-0.3, -0.25) is 4.79 Å². The molecule has 0 aliphatic carbocycles. The second-order valence-electron chi connectivity index (χ2n) is 6.50. The van der Waals surface area contributed by atoms with Crippen molar-refractivity contribution in [2.24, 2.45) is 0 Å². The van der Waals surface area contributed by atoms with Gasteiger partial charge in [0.05, 0.1) is 11.1 Å². The SMILES string of the molecule is O=C(OC(C(=O)Nc1cccc(C(F)(F)F)c1)c1ccccc1)c1cccnc1SC(F)F. The standard InChI is InChI=1S/C22H15F5N2O3S/c23-21(24)33-19-16(10-5-11-28-19)20(31)32-17(13-6-2-1-3-7-13)18(30)29-15-9-4-8-14(12-15)22(25,26)27/h1-12,17,21H,(H,29,30). The highest BCUT2D eigenvalue weighted by molar-refractivity contribution is 7.99. The van der Waals surface area contributed by atoms with Crippen molar-refractivity contribution in [3.8, 4) is 0 Å². The number of nitrogens with one attached hydrogen (secondary N) is 1. The molecular weight excluding hydrogens is 467 g/mol. The fourth-order valence-corrected chi connectivity index (χ4v) is 3.35. The van der Waals surface area contributed by atoms with Gasteiger partial charge in [0.1, 0.15) is 5.03 Å². The van der Waals surface area contributed by atoms with E-state index in [9.17, 15) is 31.5 Å². The molecule has 3 rings (SSSR count). The average molecular weight is 482 g/mol. The van der Waals surface area contributed by atoms with Crippen LogP contribution in [0.2, 0.25) is 0 Å². The molecule has 0 spiro atoms. The lowest BCUT2D eigenvalue weighted by Gasteiger charge is -2.19. The van der Waals surface area contributed by atoms with Gasteiger partial charge >= 0.3 is 12.1 Å². The van der Waals surface area contributed by atoms with Crippen LogP contribution in [0.15, 0.2) is 78.0 Å². The van der Waals surface area contributed by atoms with Crippen molar-refractivity contribution in [1.82, 2.24) is 4.98 Å². The van der Waals surface area contributed by atoms with Gasteiger partial charge in [0.2, 0.25) is 6.10 Å². The number of thioether (sulfide) groups is 1. The molecule has 172 valence electrons. The fraction of sp³-hybridized carbons (Fsp3) is 0.136. The van der Waals surface area contributed by atoms with Gasteiger partial charge in [-0.15, -0.1) is 0 Å². The third-order valence-corrected chi connectivity index (χ3v) is 4.94. The lowest BCUT2D eigenvalue weighted by molar-refractivity contribution is -0.137. The molecule has 0 fully saturated rings. The molecule has 1 N–H and O–H groups in total. The van der Waals surface area contributed by atoms with Crippen LogP contribution in [0.4, 0.5) is 27.6 Å². The molecule has 1 unspecified atom stereocenters. The summed E-state index contributed by atoms with van der Waals surface area (Å²) in [7, 11) is 0. The zero-order valence-corrected chi connectivity index (χ0v) is 17.4. The minimum absolute atomic E-state index is 0.0388. The summed E-state index contributed by atoms with van der Waals surface area (Å²) in [6.07, 6.45) is -4.97. The molecule has 1 atom stereocenters. The smallest absolute Gasteiger partial charge is 0.416 e. The number of hydrogen-bond acceptors (Lipinski definition) is 5. The van der Waals surface area contributed by atoms with Crippen molar-refractivity contribution >= 4 is 29.3 Å². The highest BCUT2D eigenvalue weighted by atomic mass is 32.2. The van der Waals surface area contributed by atoms with E-state index in [1.165, 1.54) is 36.5 Å². The number of hydrogen-bond donors (Lipinski definition) is 1. The number of carbonyl (C=O) groups excluding carboxylic acids is 2. The van der Waals surface area contributed by atoms with E-state index in [1.54, 1.807) is 18.2 Å². The Hall–Kier alpha value is -3.47. The second kappa shape index (κ2) is 10.4. The number of esters is 1. The summed E-state index contributed by atoms with van der Waals surface area (Å²) >= 11 is 0.0388. The van der Waals surface area contributed by atoms with Gasteiger partial charge in [-0.1, -0.05) is 36.4 Å². The van der Waals surface area contributed by atoms with E-state index in [4.69, 9.17) is 4.74 Å². The van der Waals surface area contributed by atoms with Crippen molar-refractivity contribution in [3.63, 3.8) is 0 Å². The van der Waals surface area contributed by atoms with Gasteiger partial charge < -0.3 is 10.1 Å². The van der Waals surface area contributed by atoms with E-state index in [2.05, 4.69) is 10.3 Å². The van der Waals surface area contributed by atoms with E-state index >= 15 is 0 Å². The second-order valence-corrected chi connectivity index (χ2v) is 7.48. The minimum atomic E-state index is -4.62. The number of anilines is 1. The van der Waals surface area contributed by atoms with Crippen LogP contribution < -0.4 is 5.32 Å². The van der Waals surface area contributed by atoms with Crippen molar-refractivity contribution in [2.45, 2.75) is 23.1 Å². The van der Waals surface area contributed by atoms with E-state index < -0.39 is 35.5 Å². The molecule has 3 aromatic rings. The normalized spacial score (nSPS) is 12.3. The first-order valence-electron chi connectivity index (χ1n) is 9.29. The van der Waals surface area contributed by atoms with Crippen LogP contribution in [0.25, 0.3) is 0 Å². The number of ether oxygens (including phenoxy) is 1. The van der Waals surface area contributed by atoms with Gasteiger partial charge in [-0.2, -0.15) is 22.0 Å². The van der Waals surface area contributed by atoms with E-state index in [1.807, 2.05) is 0 Å². The van der Waals surface area contributed by atoms with Gasteiger partial charge in [-0.25, -0.2) is 9.78 Å². The molecule has 0 saturated carbocycles. The maximum absolute atomic E-state index is 13.0. The number of rotatable bonds is 7. The molecule has 1 amide bonds. The van der Waals surface area contributed by atoms with Crippen LogP contribution in [0.1, 0.15) is 27.6 Å². The molecule has 0 radical (unpaired) electrons. The number of amides is 1. The Kier molecular flexibility index (Phi) is 7.64. The van der Waals surface area contributed by atoms with Gasteiger partial charge in [0.15, 0.2) is 0 Å². The molecular formula is C22H15F5N2O3S. The van der Waals surface area contributed by atoms with Crippen LogP contribution in [0, 0.1) is 0 Å². The first-order valence-corrected chi connectivity index (χ1v) is 10.2. The predicted molar refractivity (Wildman–Crippen MR) is 111 cm³/mol. The van der Waals surface area contributed by atoms with Crippen LogP contribution in [0.3, 0.4) is 0 Å². The molecule has 1 heterocycles. The zero-order chi connectivity index (χ0) is 24.0. The Labute approximate surface area is 189 Å². The largest absolute Gasteiger partial charge is 0.444 e. The Morgan fingerprint density at radius 1 is 0.970 bits per heavy atom. The number of benzene rings is 2. The predicted octanol–water partition coefficient (Wildman–Crippen LogP) is 5.95. The molecule has 1 aromatic heterocycles. The molecule has 0 bridgehead atoms. The quantitative estimate of drug-likeness (QED) is 0.256. The van der Waals surface area contributed by atoms with Gasteiger partial charge in [0.25, 0.3) is 11.7 Å². The number of halogens is 5. The molecule has 33 heavy (non-hydrogen) atoms. The van der Waals surface area contributed by atoms with Crippen molar-refractivity contribution in [3.05, 3.63) is 89.6 Å². The molecule has 11 heteroatoms. The van der Waals surface area contributed by atoms with Crippen molar-refractivity contribution in [1.29, 1.82) is 0 Å². The summed E-state index contributed by atoms with van der Waals surface area (Å²) in [4.78, 5) is 29.4. The van der Waals surface area contributed by atoms with Crippen molar-refractivity contribution < 1.29 is 36.3 Å². The van der Waals surface area contributed by atoms with Crippen LogP contribution in [0.5, 0.6) is 0 Å². The maximum atomic E-state index is 13.0. The van der Waals surface area contributed by atoms with Gasteiger partial charge in [-0.05, 0) is 42.1 Å². The lowest BCUT2D eigenvalue weighted by Crippen LogP contribution is -2.26. The lowest BCUT2D eigenvalue weighted by atomic mass is 10.1. The summed E-state index contributed by atoms with van der Waals surface area (Å²) < 4.78 is 69.8. The van der Waals surface area contributed by atoms with Gasteiger partial charge in [0, 0.05) is 17.4 Å². The number of carbonyl (C=O) groups is 2. The summed E-state index contributed by atoms with van der Waals surface area (Å²) in [5.41, 5.74) is -1.20. The number of nitrogens with zero attached hydrogens (tertiary/aromatic N) is 1. The fourth-order valence-electron chi connectivity index (χ4n) is 2.78. The Morgan fingerprint density at radius 3 is 2.36 bits per heavy atom. The maximum Gasteiger partial charge on any atom is 0.416 e. The van der Waals surface area contributed by atoms with E-state index in [-0.39, 0.29) is 33.6 Å². The van der Waals surface area contributed by atoms with Crippen LogP contribution in [-0.4, -0.2) is 22.6 Å². The molecule has 0 aliphatic rings. The Bertz CT molecular complexity index is 1130. The summed E-state index contributed by atoms with van der Waals surface area (Å²) in [5, 5.41) is 2.01. The van der Waals surface area contributed by atoms with E-state index in [0.29, 0.717) is 0 Å². The summed E-state index contributed by atoms with van der Waals surface area (Å²) in [6, 6.07) is 14.2. The Morgan fingerprint density at radius 2 is 1.70 bits per heavy atom. The Balaban J connectivity index is 1.88. The van der Waals surface area contributed by atoms with Crippen molar-refractivity contribution in [2.75, 3.05) is 5.32 Å². The first-order chi connectivity index (χ1) is 15.6. The zero-order valence-electron chi connectivity index (χ0n) is 16.6. The average Bonchev–Trinajstić information content (AvgIpc) is 2.77. The molecule has 5 nitrogen and oxygen atoms in total. The molecule has 0 saturated heterocycles. The third kappa shape index (κ3) is 6.51. The van der Waals surface area contributed by atoms with Crippen LogP contribution >= 0.6 is 11.8 Å². The minimum Gasteiger partial charge on any atom is -0.444 e. The van der Waals surface area contributed by atoms with Crippen LogP contribution in [-0.2, 0) is 15.7 Å². The summed E-state index contributed by atoms with van der Waals surface area (Å²) in [6.45, 7) is 0. The first kappa shape index (κ1) is 24.2.